The average Bonchev–Trinajstić information content (AvgIpc) is 2.24. The van der Waals surface area contributed by atoms with Gasteiger partial charge in [0.1, 0.15) is 0 Å². The lowest BCUT2D eigenvalue weighted by molar-refractivity contribution is -0.121. The maximum absolute atomic E-state index is 11.8. The van der Waals surface area contributed by atoms with E-state index in [1.165, 1.54) is 6.08 Å². The normalized spacial score (nSPS) is 12.7. The Morgan fingerprint density at radius 2 is 1.95 bits per heavy atom. The molecule has 0 saturated carbocycles. The van der Waals surface area contributed by atoms with Crippen molar-refractivity contribution < 1.29 is 9.90 Å². The van der Waals surface area contributed by atoms with E-state index in [4.69, 9.17) is 11.6 Å². The van der Waals surface area contributed by atoms with Crippen LogP contribution in [-0.4, -0.2) is 22.2 Å². The second-order valence-corrected chi connectivity index (χ2v) is 6.00. The van der Waals surface area contributed by atoms with E-state index in [1.54, 1.807) is 45.9 Å². The zero-order chi connectivity index (χ0) is 14.7. The molecule has 0 aliphatic heterocycles. The Bertz CT molecular complexity index is 487. The molecule has 1 aromatic carbocycles. The van der Waals surface area contributed by atoms with Crippen molar-refractivity contribution in [3.05, 3.63) is 40.9 Å². The summed E-state index contributed by atoms with van der Waals surface area (Å²) in [6, 6.07) is 7.22. The highest BCUT2D eigenvalue weighted by Gasteiger charge is 2.35. The SMILES string of the molecule is CC(C)(O)C(C)(C)NC(=O)/C=C/c1cccc(Cl)c1. The van der Waals surface area contributed by atoms with Crippen molar-refractivity contribution in [1.82, 2.24) is 5.32 Å². The Balaban J connectivity index is 2.71. The van der Waals surface area contributed by atoms with Gasteiger partial charge in [-0.25, -0.2) is 0 Å². The van der Waals surface area contributed by atoms with E-state index in [0.29, 0.717) is 5.02 Å². The summed E-state index contributed by atoms with van der Waals surface area (Å²) >= 11 is 5.86. The highest BCUT2D eigenvalue weighted by Crippen LogP contribution is 2.20. The van der Waals surface area contributed by atoms with Crippen LogP contribution in [-0.2, 0) is 4.79 Å². The van der Waals surface area contributed by atoms with Crippen LogP contribution in [0, 0.1) is 0 Å². The largest absolute Gasteiger partial charge is 0.388 e. The van der Waals surface area contributed by atoms with Gasteiger partial charge in [-0.05, 0) is 51.5 Å². The fourth-order valence-electron chi connectivity index (χ4n) is 1.28. The standard InChI is InChI=1S/C15H20ClNO2/c1-14(2,15(3,4)19)17-13(18)9-8-11-6-5-7-12(16)10-11/h5-10,19H,1-4H3,(H,17,18)/b9-8+. The number of amides is 1. The van der Waals surface area contributed by atoms with Crippen LogP contribution in [0.4, 0.5) is 0 Å². The van der Waals surface area contributed by atoms with E-state index >= 15 is 0 Å². The number of hydrogen-bond acceptors (Lipinski definition) is 2. The van der Waals surface area contributed by atoms with E-state index in [2.05, 4.69) is 5.32 Å². The number of carbonyl (C=O) groups is 1. The molecular weight excluding hydrogens is 262 g/mol. The van der Waals surface area contributed by atoms with Gasteiger partial charge in [-0.3, -0.25) is 4.79 Å². The number of carbonyl (C=O) groups excluding carboxylic acids is 1. The zero-order valence-electron chi connectivity index (χ0n) is 11.7. The summed E-state index contributed by atoms with van der Waals surface area (Å²) in [4.78, 5) is 11.8. The third-order valence-corrected chi connectivity index (χ3v) is 3.48. The molecular formula is C15H20ClNO2. The van der Waals surface area contributed by atoms with Gasteiger partial charge in [0.15, 0.2) is 0 Å². The van der Waals surface area contributed by atoms with Crippen molar-refractivity contribution in [3.8, 4) is 0 Å². The van der Waals surface area contributed by atoms with Gasteiger partial charge in [-0.15, -0.1) is 0 Å². The third kappa shape index (κ3) is 4.69. The zero-order valence-corrected chi connectivity index (χ0v) is 12.5. The minimum absolute atomic E-state index is 0.257. The van der Waals surface area contributed by atoms with E-state index in [0.717, 1.165) is 5.56 Å². The van der Waals surface area contributed by atoms with Crippen molar-refractivity contribution in [1.29, 1.82) is 0 Å². The van der Waals surface area contributed by atoms with Gasteiger partial charge in [0, 0.05) is 11.1 Å². The molecule has 0 bridgehead atoms. The third-order valence-electron chi connectivity index (χ3n) is 3.24. The van der Waals surface area contributed by atoms with Gasteiger partial charge in [0.2, 0.25) is 5.91 Å². The molecule has 104 valence electrons. The molecule has 0 atom stereocenters. The Hall–Kier alpha value is -1.32. The monoisotopic (exact) mass is 281 g/mol. The summed E-state index contributed by atoms with van der Waals surface area (Å²) < 4.78 is 0. The van der Waals surface area contributed by atoms with Crippen LogP contribution in [0.5, 0.6) is 0 Å². The highest BCUT2D eigenvalue weighted by atomic mass is 35.5. The fraction of sp³-hybridized carbons (Fsp3) is 0.400. The van der Waals surface area contributed by atoms with E-state index in [1.807, 2.05) is 12.1 Å². The smallest absolute Gasteiger partial charge is 0.244 e. The highest BCUT2D eigenvalue weighted by molar-refractivity contribution is 6.30. The van der Waals surface area contributed by atoms with Gasteiger partial charge >= 0.3 is 0 Å². The number of rotatable bonds is 4. The molecule has 0 unspecified atom stereocenters. The van der Waals surface area contributed by atoms with E-state index in [-0.39, 0.29) is 5.91 Å². The maximum atomic E-state index is 11.8. The lowest BCUT2D eigenvalue weighted by Gasteiger charge is -2.37. The van der Waals surface area contributed by atoms with Crippen LogP contribution in [0.2, 0.25) is 5.02 Å². The second kappa shape index (κ2) is 5.76. The number of nitrogens with one attached hydrogen (secondary N) is 1. The van der Waals surface area contributed by atoms with Gasteiger partial charge in [0.25, 0.3) is 0 Å². The van der Waals surface area contributed by atoms with E-state index < -0.39 is 11.1 Å². The molecule has 3 nitrogen and oxygen atoms in total. The van der Waals surface area contributed by atoms with Crippen LogP contribution in [0.3, 0.4) is 0 Å². The minimum Gasteiger partial charge on any atom is -0.388 e. The summed E-state index contributed by atoms with van der Waals surface area (Å²) in [7, 11) is 0. The Morgan fingerprint density at radius 1 is 1.32 bits per heavy atom. The molecule has 0 spiro atoms. The second-order valence-electron chi connectivity index (χ2n) is 5.56. The molecule has 0 radical (unpaired) electrons. The maximum Gasteiger partial charge on any atom is 0.244 e. The van der Waals surface area contributed by atoms with Crippen LogP contribution in [0.1, 0.15) is 33.3 Å². The van der Waals surface area contributed by atoms with Crippen molar-refractivity contribution in [2.75, 3.05) is 0 Å². The number of halogens is 1. The van der Waals surface area contributed by atoms with Crippen LogP contribution >= 0.6 is 11.6 Å². The summed E-state index contributed by atoms with van der Waals surface area (Å²) in [5, 5.41) is 13.4. The summed E-state index contributed by atoms with van der Waals surface area (Å²) in [5.74, 6) is -0.257. The lowest BCUT2D eigenvalue weighted by atomic mass is 9.86. The number of hydrogen-bond donors (Lipinski definition) is 2. The first-order valence-corrected chi connectivity index (χ1v) is 6.48. The first-order valence-electron chi connectivity index (χ1n) is 6.10. The molecule has 0 aromatic heterocycles. The Kier molecular flexibility index (Phi) is 4.77. The molecule has 1 rings (SSSR count). The molecule has 0 fully saturated rings. The molecule has 19 heavy (non-hydrogen) atoms. The van der Waals surface area contributed by atoms with Crippen LogP contribution in [0.25, 0.3) is 6.08 Å². The molecule has 1 amide bonds. The summed E-state index contributed by atoms with van der Waals surface area (Å²) in [5.41, 5.74) is -0.876. The summed E-state index contributed by atoms with van der Waals surface area (Å²) in [6.07, 6.45) is 3.11. The molecule has 2 N–H and O–H groups in total. The van der Waals surface area contributed by atoms with Gasteiger partial charge in [0.05, 0.1) is 11.1 Å². The predicted octanol–water partition coefficient (Wildman–Crippen LogP) is 3.02. The first kappa shape index (κ1) is 15.7. The van der Waals surface area contributed by atoms with Gasteiger partial charge < -0.3 is 10.4 Å². The molecule has 0 aliphatic carbocycles. The molecule has 0 aliphatic rings. The van der Waals surface area contributed by atoms with Crippen LogP contribution in [0.15, 0.2) is 30.3 Å². The molecule has 0 heterocycles. The lowest BCUT2D eigenvalue weighted by Crippen LogP contribution is -2.57. The van der Waals surface area contributed by atoms with Crippen LogP contribution < -0.4 is 5.32 Å². The van der Waals surface area contributed by atoms with Crippen molar-refractivity contribution in [3.63, 3.8) is 0 Å². The van der Waals surface area contributed by atoms with Gasteiger partial charge in [-0.2, -0.15) is 0 Å². The first-order chi connectivity index (χ1) is 8.62. The molecule has 0 saturated heterocycles. The van der Waals surface area contributed by atoms with E-state index in [9.17, 15) is 9.90 Å². The molecule has 1 aromatic rings. The minimum atomic E-state index is -1.01. The number of benzene rings is 1. The molecule has 4 heteroatoms. The van der Waals surface area contributed by atoms with Crippen molar-refractivity contribution in [2.45, 2.75) is 38.8 Å². The predicted molar refractivity (Wildman–Crippen MR) is 79.0 cm³/mol. The summed E-state index contributed by atoms with van der Waals surface area (Å²) in [6.45, 7) is 6.87. The van der Waals surface area contributed by atoms with Gasteiger partial charge in [-0.1, -0.05) is 23.7 Å². The fourth-order valence-corrected chi connectivity index (χ4v) is 1.48. The average molecular weight is 282 g/mol. The Labute approximate surface area is 119 Å². The topological polar surface area (TPSA) is 49.3 Å². The van der Waals surface area contributed by atoms with Crippen molar-refractivity contribution in [2.24, 2.45) is 0 Å². The quantitative estimate of drug-likeness (QED) is 0.834. The van der Waals surface area contributed by atoms with Crippen molar-refractivity contribution >= 4 is 23.6 Å². The Morgan fingerprint density at radius 3 is 2.47 bits per heavy atom. The number of aliphatic hydroxyl groups is 1.